The lowest BCUT2D eigenvalue weighted by atomic mass is 10.1. The average molecular weight is 214 g/mol. The van der Waals surface area contributed by atoms with Crippen LogP contribution >= 0.6 is 0 Å². The number of likely N-dealkylation sites (tertiary alicyclic amines) is 1. The van der Waals surface area contributed by atoms with Crippen molar-refractivity contribution in [2.24, 2.45) is 0 Å². The van der Waals surface area contributed by atoms with E-state index in [9.17, 15) is 9.59 Å². The van der Waals surface area contributed by atoms with Gasteiger partial charge in [-0.25, -0.2) is 4.79 Å². The number of nitrogens with one attached hydrogen (secondary N) is 1. The fourth-order valence-electron chi connectivity index (χ4n) is 1.78. The SMILES string of the molecule is COC(=O)NC1CCN(CC(C)=O)CC1. The summed E-state index contributed by atoms with van der Waals surface area (Å²) in [7, 11) is 1.36. The molecule has 0 aromatic rings. The number of carbonyl (C=O) groups is 2. The maximum Gasteiger partial charge on any atom is 0.407 e. The number of amides is 1. The van der Waals surface area contributed by atoms with Crippen molar-refractivity contribution in [1.82, 2.24) is 10.2 Å². The summed E-state index contributed by atoms with van der Waals surface area (Å²) in [5.74, 6) is 0.189. The van der Waals surface area contributed by atoms with Crippen LogP contribution in [-0.4, -0.2) is 49.6 Å². The van der Waals surface area contributed by atoms with Crippen molar-refractivity contribution in [2.75, 3.05) is 26.7 Å². The van der Waals surface area contributed by atoms with E-state index in [2.05, 4.69) is 15.0 Å². The van der Waals surface area contributed by atoms with Crippen LogP contribution in [0.1, 0.15) is 19.8 Å². The average Bonchev–Trinajstić information content (AvgIpc) is 2.20. The van der Waals surface area contributed by atoms with Crippen LogP contribution < -0.4 is 5.32 Å². The van der Waals surface area contributed by atoms with Gasteiger partial charge in [-0.1, -0.05) is 0 Å². The number of piperidine rings is 1. The molecule has 1 aliphatic heterocycles. The van der Waals surface area contributed by atoms with E-state index in [0.29, 0.717) is 6.54 Å². The summed E-state index contributed by atoms with van der Waals surface area (Å²) in [6, 6.07) is 0.181. The highest BCUT2D eigenvalue weighted by molar-refractivity contribution is 5.77. The highest BCUT2D eigenvalue weighted by atomic mass is 16.5. The van der Waals surface area contributed by atoms with Crippen LogP contribution in [0.4, 0.5) is 4.79 Å². The Morgan fingerprint density at radius 1 is 1.40 bits per heavy atom. The zero-order valence-electron chi connectivity index (χ0n) is 9.28. The quantitative estimate of drug-likeness (QED) is 0.738. The molecule has 5 nitrogen and oxygen atoms in total. The zero-order valence-corrected chi connectivity index (χ0v) is 9.28. The third-order valence-electron chi connectivity index (χ3n) is 2.54. The summed E-state index contributed by atoms with van der Waals surface area (Å²) in [5.41, 5.74) is 0. The molecule has 1 heterocycles. The van der Waals surface area contributed by atoms with Crippen LogP contribution in [0.5, 0.6) is 0 Å². The Balaban J connectivity index is 2.23. The second-order valence-corrected chi connectivity index (χ2v) is 3.89. The first-order valence-electron chi connectivity index (χ1n) is 5.18. The smallest absolute Gasteiger partial charge is 0.407 e. The van der Waals surface area contributed by atoms with E-state index in [1.807, 2.05) is 0 Å². The lowest BCUT2D eigenvalue weighted by Crippen LogP contribution is -2.45. The van der Waals surface area contributed by atoms with Gasteiger partial charge in [-0.15, -0.1) is 0 Å². The fraction of sp³-hybridized carbons (Fsp3) is 0.800. The van der Waals surface area contributed by atoms with Crippen LogP contribution in [0.25, 0.3) is 0 Å². The summed E-state index contributed by atoms with van der Waals surface area (Å²) in [6.45, 7) is 3.83. The normalized spacial score (nSPS) is 18.5. The molecule has 0 saturated carbocycles. The third kappa shape index (κ3) is 4.29. The van der Waals surface area contributed by atoms with Gasteiger partial charge in [-0.3, -0.25) is 9.69 Å². The molecule has 0 atom stereocenters. The molecule has 1 aliphatic rings. The van der Waals surface area contributed by atoms with E-state index in [1.54, 1.807) is 6.92 Å². The molecule has 15 heavy (non-hydrogen) atoms. The molecule has 1 rings (SSSR count). The Labute approximate surface area is 89.8 Å². The first kappa shape index (κ1) is 12.0. The second-order valence-electron chi connectivity index (χ2n) is 3.89. The summed E-state index contributed by atoms with van der Waals surface area (Å²) < 4.78 is 4.53. The number of carbonyl (C=O) groups excluding carboxylic acids is 2. The van der Waals surface area contributed by atoms with E-state index in [0.717, 1.165) is 25.9 Å². The highest BCUT2D eigenvalue weighted by Gasteiger charge is 2.21. The van der Waals surface area contributed by atoms with Crippen molar-refractivity contribution < 1.29 is 14.3 Å². The van der Waals surface area contributed by atoms with Gasteiger partial charge in [0, 0.05) is 19.1 Å². The minimum absolute atomic E-state index is 0.181. The lowest BCUT2D eigenvalue weighted by molar-refractivity contribution is -0.118. The van der Waals surface area contributed by atoms with Crippen LogP contribution in [0.3, 0.4) is 0 Å². The Kier molecular flexibility index (Phi) is 4.55. The van der Waals surface area contributed by atoms with Crippen LogP contribution in [-0.2, 0) is 9.53 Å². The highest BCUT2D eigenvalue weighted by Crippen LogP contribution is 2.09. The van der Waals surface area contributed by atoms with E-state index < -0.39 is 0 Å². The van der Waals surface area contributed by atoms with E-state index >= 15 is 0 Å². The molecule has 1 saturated heterocycles. The molecule has 86 valence electrons. The van der Waals surface area contributed by atoms with Gasteiger partial charge < -0.3 is 10.1 Å². The molecule has 0 spiro atoms. The van der Waals surface area contributed by atoms with Crippen molar-refractivity contribution in [1.29, 1.82) is 0 Å². The maximum absolute atomic E-state index is 10.9. The predicted octanol–water partition coefficient (Wildman–Crippen LogP) is 0.396. The summed E-state index contributed by atoms with van der Waals surface area (Å²) >= 11 is 0. The van der Waals surface area contributed by atoms with Crippen molar-refractivity contribution in [3.05, 3.63) is 0 Å². The van der Waals surface area contributed by atoms with E-state index in [-0.39, 0.29) is 17.9 Å². The van der Waals surface area contributed by atoms with Crippen molar-refractivity contribution in [3.8, 4) is 0 Å². The Morgan fingerprint density at radius 2 is 2.00 bits per heavy atom. The first-order valence-corrected chi connectivity index (χ1v) is 5.18. The summed E-state index contributed by atoms with van der Waals surface area (Å²) in [4.78, 5) is 23.9. The minimum atomic E-state index is -0.375. The van der Waals surface area contributed by atoms with E-state index in [4.69, 9.17) is 0 Å². The first-order chi connectivity index (χ1) is 7.11. The third-order valence-corrected chi connectivity index (χ3v) is 2.54. The van der Waals surface area contributed by atoms with Crippen LogP contribution in [0.2, 0.25) is 0 Å². The molecule has 0 aromatic heterocycles. The minimum Gasteiger partial charge on any atom is -0.453 e. The zero-order chi connectivity index (χ0) is 11.3. The van der Waals surface area contributed by atoms with Gasteiger partial charge in [0.05, 0.1) is 13.7 Å². The second kappa shape index (κ2) is 5.70. The number of hydrogen-bond donors (Lipinski definition) is 1. The van der Waals surface area contributed by atoms with Gasteiger partial charge in [0.1, 0.15) is 5.78 Å². The Hall–Kier alpha value is -1.10. The molecule has 1 fully saturated rings. The number of nitrogens with zero attached hydrogens (tertiary/aromatic N) is 1. The summed E-state index contributed by atoms with van der Waals surface area (Å²) in [5, 5.41) is 2.77. The number of alkyl carbamates (subject to hydrolysis) is 1. The predicted molar refractivity (Wildman–Crippen MR) is 55.7 cm³/mol. The number of Topliss-reactive ketones (excluding diaryl/α,β-unsaturated/α-hetero) is 1. The fourth-order valence-corrected chi connectivity index (χ4v) is 1.78. The van der Waals surface area contributed by atoms with Gasteiger partial charge in [-0.2, -0.15) is 0 Å². The van der Waals surface area contributed by atoms with Crippen LogP contribution in [0.15, 0.2) is 0 Å². The Morgan fingerprint density at radius 3 is 2.47 bits per heavy atom. The molecular weight excluding hydrogens is 196 g/mol. The van der Waals surface area contributed by atoms with Gasteiger partial charge in [-0.05, 0) is 19.8 Å². The lowest BCUT2D eigenvalue weighted by Gasteiger charge is -2.31. The molecular formula is C10H18N2O3. The van der Waals surface area contributed by atoms with Gasteiger partial charge in [0.15, 0.2) is 0 Å². The molecule has 5 heteroatoms. The topological polar surface area (TPSA) is 58.6 Å². The number of methoxy groups -OCH3 is 1. The van der Waals surface area contributed by atoms with Crippen molar-refractivity contribution >= 4 is 11.9 Å². The number of hydrogen-bond acceptors (Lipinski definition) is 4. The number of rotatable bonds is 3. The van der Waals surface area contributed by atoms with Crippen LogP contribution in [0, 0.1) is 0 Å². The number of ether oxygens (including phenoxy) is 1. The molecule has 0 aliphatic carbocycles. The molecule has 0 radical (unpaired) electrons. The van der Waals surface area contributed by atoms with Gasteiger partial charge in [0.2, 0.25) is 0 Å². The van der Waals surface area contributed by atoms with E-state index in [1.165, 1.54) is 7.11 Å². The largest absolute Gasteiger partial charge is 0.453 e. The van der Waals surface area contributed by atoms with Gasteiger partial charge in [0.25, 0.3) is 0 Å². The van der Waals surface area contributed by atoms with Crippen molar-refractivity contribution in [2.45, 2.75) is 25.8 Å². The standard InChI is InChI=1S/C10H18N2O3/c1-8(13)7-12-5-3-9(4-6-12)11-10(14)15-2/h9H,3-7H2,1-2H3,(H,11,14). The maximum atomic E-state index is 10.9. The summed E-state index contributed by atoms with van der Waals surface area (Å²) in [6.07, 6.45) is 1.38. The van der Waals surface area contributed by atoms with Gasteiger partial charge >= 0.3 is 6.09 Å². The number of ketones is 1. The molecule has 1 N–H and O–H groups in total. The molecule has 0 unspecified atom stereocenters. The molecule has 0 aromatic carbocycles. The Bertz CT molecular complexity index is 235. The van der Waals surface area contributed by atoms with Crippen molar-refractivity contribution in [3.63, 3.8) is 0 Å². The monoisotopic (exact) mass is 214 g/mol. The molecule has 0 bridgehead atoms. The molecule has 1 amide bonds.